The minimum Gasteiger partial charge on any atom is -0.337 e. The fourth-order valence-corrected chi connectivity index (χ4v) is 4.96. The number of fused-ring (bicyclic) bond motifs is 3. The third-order valence-corrected chi connectivity index (χ3v) is 6.96. The molecule has 0 spiro atoms. The predicted octanol–water partition coefficient (Wildman–Crippen LogP) is 4.20. The summed E-state index contributed by atoms with van der Waals surface area (Å²) in [6, 6.07) is 14.4. The van der Waals surface area contributed by atoms with Crippen LogP contribution in [-0.4, -0.2) is 56.1 Å². The van der Waals surface area contributed by atoms with Crippen LogP contribution < -0.4 is 0 Å². The van der Waals surface area contributed by atoms with E-state index >= 15 is 0 Å². The topological polar surface area (TPSA) is 45.8 Å². The lowest BCUT2D eigenvalue weighted by Gasteiger charge is -2.33. The van der Waals surface area contributed by atoms with Crippen LogP contribution in [0.1, 0.15) is 10.4 Å². The van der Waals surface area contributed by atoms with Crippen LogP contribution in [0.4, 0.5) is 0 Å². The molecule has 6 nitrogen and oxygen atoms in total. The largest absolute Gasteiger partial charge is 0.337 e. The number of amides is 1. The lowest BCUT2D eigenvalue weighted by molar-refractivity contribution is -0.127. The highest BCUT2D eigenvalue weighted by atomic mass is 32.1. The minimum absolute atomic E-state index is 0.0688. The van der Waals surface area contributed by atoms with Crippen molar-refractivity contribution < 1.29 is 4.79 Å². The van der Waals surface area contributed by atoms with Crippen molar-refractivity contribution in [3.8, 4) is 0 Å². The average Bonchev–Trinajstić information content (AvgIpc) is 3.41. The zero-order valence-electron chi connectivity index (χ0n) is 17.3. The van der Waals surface area contributed by atoms with Crippen LogP contribution in [0.15, 0.2) is 53.9 Å². The molecule has 0 bridgehead atoms. The molecule has 4 heterocycles. The van der Waals surface area contributed by atoms with Gasteiger partial charge in [0.05, 0.1) is 12.2 Å². The Morgan fingerprint density at radius 2 is 1.97 bits per heavy atom. The van der Waals surface area contributed by atoms with E-state index in [0.717, 1.165) is 29.1 Å². The summed E-state index contributed by atoms with van der Waals surface area (Å²) in [5.41, 5.74) is 3.15. The molecule has 1 aromatic carbocycles. The van der Waals surface area contributed by atoms with Gasteiger partial charge in [-0.25, -0.2) is 4.68 Å². The molecule has 8 heteroatoms. The van der Waals surface area contributed by atoms with Gasteiger partial charge in [0.15, 0.2) is 5.65 Å². The maximum absolute atomic E-state index is 12.5. The Hall–Kier alpha value is -2.81. The monoisotopic (exact) mass is 449 g/mol. The zero-order chi connectivity index (χ0) is 21.4. The summed E-state index contributed by atoms with van der Waals surface area (Å²) in [5.74, 6) is 0.0688. The van der Waals surface area contributed by atoms with Gasteiger partial charge in [-0.05, 0) is 54.4 Å². The van der Waals surface area contributed by atoms with E-state index in [1.54, 1.807) is 17.4 Å². The number of piperazine rings is 1. The van der Waals surface area contributed by atoms with Gasteiger partial charge < -0.3 is 4.90 Å². The van der Waals surface area contributed by atoms with Crippen molar-refractivity contribution in [2.75, 3.05) is 26.2 Å². The summed E-state index contributed by atoms with van der Waals surface area (Å²) >= 11 is 7.40. The molecule has 0 radical (unpaired) electrons. The van der Waals surface area contributed by atoms with Gasteiger partial charge >= 0.3 is 0 Å². The number of carbonyl (C=O) groups excluding carboxylic acids is 1. The number of pyridine rings is 1. The van der Waals surface area contributed by atoms with Crippen molar-refractivity contribution in [3.63, 3.8) is 0 Å². The van der Waals surface area contributed by atoms with Crippen LogP contribution in [0.2, 0.25) is 0 Å². The fraction of sp³-hybridized carbons (Fsp3) is 0.261. The number of thiophene rings is 1. The van der Waals surface area contributed by atoms with Crippen LogP contribution >= 0.6 is 23.6 Å². The van der Waals surface area contributed by atoms with E-state index in [2.05, 4.69) is 30.0 Å². The second-order valence-electron chi connectivity index (χ2n) is 7.75. The second-order valence-corrected chi connectivity index (χ2v) is 9.10. The summed E-state index contributed by atoms with van der Waals surface area (Å²) in [5, 5.41) is 7.97. The van der Waals surface area contributed by atoms with Gasteiger partial charge in [0, 0.05) is 42.5 Å². The van der Waals surface area contributed by atoms with Gasteiger partial charge in [-0.1, -0.05) is 24.3 Å². The number of carbonyl (C=O) groups is 1. The lowest BCUT2D eigenvalue weighted by Crippen LogP contribution is -2.48. The first kappa shape index (κ1) is 20.1. The van der Waals surface area contributed by atoms with Gasteiger partial charge in [0.25, 0.3) is 0 Å². The van der Waals surface area contributed by atoms with Gasteiger partial charge in [-0.15, -0.1) is 11.3 Å². The predicted molar refractivity (Wildman–Crippen MR) is 128 cm³/mol. The zero-order valence-corrected chi connectivity index (χ0v) is 18.9. The quantitative estimate of drug-likeness (QED) is 0.346. The molecule has 0 saturated carbocycles. The number of aryl methyl sites for hydroxylation is 1. The molecule has 0 N–H and O–H groups in total. The number of rotatable bonds is 4. The van der Waals surface area contributed by atoms with E-state index in [1.807, 2.05) is 49.7 Å². The van der Waals surface area contributed by atoms with E-state index < -0.39 is 0 Å². The minimum atomic E-state index is 0.0688. The first-order valence-electron chi connectivity index (χ1n) is 10.3. The second kappa shape index (κ2) is 8.37. The maximum Gasteiger partial charge on any atom is 0.246 e. The van der Waals surface area contributed by atoms with Crippen LogP contribution in [0.3, 0.4) is 0 Å². The van der Waals surface area contributed by atoms with Crippen LogP contribution in [0.5, 0.6) is 0 Å². The normalized spacial score (nSPS) is 15.5. The third-order valence-electron chi connectivity index (χ3n) is 5.73. The van der Waals surface area contributed by atoms with Gasteiger partial charge in [0.1, 0.15) is 0 Å². The Labute approximate surface area is 189 Å². The Balaban J connectivity index is 1.29. The highest BCUT2D eigenvalue weighted by Crippen LogP contribution is 2.21. The molecule has 0 atom stereocenters. The molecule has 1 fully saturated rings. The molecule has 1 aliphatic rings. The molecular weight excluding hydrogens is 426 g/mol. The van der Waals surface area contributed by atoms with Crippen molar-refractivity contribution >= 4 is 52.1 Å². The van der Waals surface area contributed by atoms with Crippen LogP contribution in [0.25, 0.3) is 22.6 Å². The standard InChI is InChI=1S/C23H23N5OS2/c1-17-15-21-24-27(23(30)28(21)20-7-3-2-6-19(17)20)16-25-10-12-26(13-11-25)22(29)9-8-18-5-4-14-31-18/h2-9,14-15H,10-13,16H2,1H3. The van der Waals surface area contributed by atoms with E-state index in [9.17, 15) is 4.79 Å². The third kappa shape index (κ3) is 3.94. The first-order valence-corrected chi connectivity index (χ1v) is 11.6. The molecule has 0 unspecified atom stereocenters. The van der Waals surface area contributed by atoms with Gasteiger partial charge in [-0.3, -0.25) is 14.1 Å². The lowest BCUT2D eigenvalue weighted by atomic mass is 10.1. The highest BCUT2D eigenvalue weighted by molar-refractivity contribution is 7.71. The van der Waals surface area contributed by atoms with E-state index in [1.165, 1.54) is 10.9 Å². The smallest absolute Gasteiger partial charge is 0.246 e. The molecule has 5 rings (SSSR count). The highest BCUT2D eigenvalue weighted by Gasteiger charge is 2.21. The molecule has 1 saturated heterocycles. The Morgan fingerprint density at radius 1 is 1.16 bits per heavy atom. The molecule has 0 aliphatic carbocycles. The number of aromatic nitrogens is 3. The van der Waals surface area contributed by atoms with Crippen molar-refractivity contribution in [1.29, 1.82) is 0 Å². The van der Waals surface area contributed by atoms with Crippen LogP contribution in [0, 0.1) is 11.7 Å². The number of benzene rings is 1. The molecule has 158 valence electrons. The van der Waals surface area contributed by atoms with Crippen molar-refractivity contribution in [3.05, 3.63) is 69.1 Å². The van der Waals surface area contributed by atoms with E-state index in [-0.39, 0.29) is 5.91 Å². The summed E-state index contributed by atoms with van der Waals surface area (Å²) in [6.07, 6.45) is 3.56. The Morgan fingerprint density at radius 3 is 2.74 bits per heavy atom. The summed E-state index contributed by atoms with van der Waals surface area (Å²) in [7, 11) is 0. The van der Waals surface area contributed by atoms with Gasteiger partial charge in [-0.2, -0.15) is 5.10 Å². The van der Waals surface area contributed by atoms with Crippen molar-refractivity contribution in [2.45, 2.75) is 13.6 Å². The fourth-order valence-electron chi connectivity index (χ4n) is 4.05. The van der Waals surface area contributed by atoms with Crippen molar-refractivity contribution in [1.82, 2.24) is 24.0 Å². The van der Waals surface area contributed by atoms with E-state index in [4.69, 9.17) is 17.3 Å². The van der Waals surface area contributed by atoms with Gasteiger partial charge in [0.2, 0.25) is 10.7 Å². The van der Waals surface area contributed by atoms with Crippen LogP contribution in [-0.2, 0) is 11.5 Å². The molecule has 1 amide bonds. The molecule has 4 aromatic rings. The summed E-state index contributed by atoms with van der Waals surface area (Å²) < 4.78 is 4.64. The molecule has 31 heavy (non-hydrogen) atoms. The number of para-hydroxylation sites is 1. The SMILES string of the molecule is Cc1cc2nn(CN3CCN(C(=O)C=Cc4cccs4)CC3)c(=S)n2c2ccccc12. The first-order chi connectivity index (χ1) is 15.1. The molecular formula is C23H23N5OS2. The maximum atomic E-state index is 12.5. The summed E-state index contributed by atoms with van der Waals surface area (Å²) in [6.45, 7) is 5.74. The van der Waals surface area contributed by atoms with E-state index in [0.29, 0.717) is 24.5 Å². The van der Waals surface area contributed by atoms with Crippen molar-refractivity contribution in [2.24, 2.45) is 0 Å². The number of nitrogens with zero attached hydrogens (tertiary/aromatic N) is 5. The Kier molecular flexibility index (Phi) is 5.43. The summed E-state index contributed by atoms with van der Waals surface area (Å²) in [4.78, 5) is 17.8. The average molecular weight is 450 g/mol. The Bertz CT molecular complexity index is 1330. The molecule has 1 aliphatic heterocycles. The molecule has 3 aromatic heterocycles. The number of hydrogen-bond donors (Lipinski definition) is 0. The number of hydrogen-bond acceptors (Lipinski definition) is 5.